The molecule has 0 aliphatic heterocycles. The molecule has 0 fully saturated rings. The van der Waals surface area contributed by atoms with Gasteiger partial charge in [-0.15, -0.1) is 0 Å². The van der Waals surface area contributed by atoms with Crippen molar-refractivity contribution in [1.82, 2.24) is 0 Å². The van der Waals surface area contributed by atoms with Crippen LogP contribution in [0, 0.1) is 0 Å². The maximum absolute atomic E-state index is 12.9. The lowest BCUT2D eigenvalue weighted by atomic mass is 9.70. The fourth-order valence-corrected chi connectivity index (χ4v) is 2.79. The molecule has 0 saturated carbocycles. The van der Waals surface area contributed by atoms with Crippen molar-refractivity contribution in [2.75, 3.05) is 0 Å². The second-order valence-corrected chi connectivity index (χ2v) is 5.32. The van der Waals surface area contributed by atoms with Crippen LogP contribution < -0.4 is 0 Å². The molecule has 1 N–H and O–H groups in total. The number of ketones is 1. The highest BCUT2D eigenvalue weighted by Gasteiger charge is 2.37. The lowest BCUT2D eigenvalue weighted by molar-refractivity contribution is -0.136. The molecular formula is C20H20O3. The van der Waals surface area contributed by atoms with Gasteiger partial charge in [0.05, 0.1) is 11.8 Å². The van der Waals surface area contributed by atoms with Gasteiger partial charge in [0.15, 0.2) is 5.78 Å². The van der Waals surface area contributed by atoms with Gasteiger partial charge < -0.3 is 5.11 Å². The molecule has 0 aliphatic rings. The van der Waals surface area contributed by atoms with Gasteiger partial charge >= 0.3 is 5.97 Å². The van der Waals surface area contributed by atoms with E-state index in [1.165, 1.54) is 0 Å². The second-order valence-electron chi connectivity index (χ2n) is 5.32. The summed E-state index contributed by atoms with van der Waals surface area (Å²) in [5.74, 6) is -0.878. The summed E-state index contributed by atoms with van der Waals surface area (Å²) >= 11 is 0. The van der Waals surface area contributed by atoms with Crippen LogP contribution in [-0.4, -0.2) is 16.9 Å². The Morgan fingerprint density at radius 2 is 1.43 bits per heavy atom. The van der Waals surface area contributed by atoms with Gasteiger partial charge in [-0.05, 0) is 11.1 Å². The Morgan fingerprint density at radius 3 is 1.83 bits per heavy atom. The van der Waals surface area contributed by atoms with Gasteiger partial charge in [0.1, 0.15) is 0 Å². The Bertz CT molecular complexity index is 648. The van der Waals surface area contributed by atoms with E-state index in [9.17, 15) is 9.59 Å². The lowest BCUT2D eigenvalue weighted by Gasteiger charge is -2.30. The van der Waals surface area contributed by atoms with Crippen LogP contribution in [0.4, 0.5) is 0 Å². The molecule has 2 rings (SSSR count). The number of hydrogen-bond acceptors (Lipinski definition) is 2. The third-order valence-electron chi connectivity index (χ3n) is 3.88. The van der Waals surface area contributed by atoms with Crippen molar-refractivity contribution in [3.05, 3.63) is 83.9 Å². The molecule has 118 valence electrons. The predicted octanol–water partition coefficient (Wildman–Crippen LogP) is 3.98. The first kappa shape index (κ1) is 16.7. The molecule has 0 radical (unpaired) electrons. The van der Waals surface area contributed by atoms with Crippen LogP contribution in [0.3, 0.4) is 0 Å². The molecule has 0 unspecified atom stereocenters. The number of aliphatic carboxylic acids is 1. The second kappa shape index (κ2) is 7.54. The molecule has 0 heterocycles. The van der Waals surface area contributed by atoms with Gasteiger partial charge in [-0.3, -0.25) is 9.59 Å². The van der Waals surface area contributed by atoms with Gasteiger partial charge in [0.2, 0.25) is 0 Å². The highest BCUT2D eigenvalue weighted by molar-refractivity contribution is 5.96. The average Bonchev–Trinajstić information content (AvgIpc) is 2.59. The monoisotopic (exact) mass is 308 g/mol. The average molecular weight is 308 g/mol. The number of carbonyl (C=O) groups excluding carboxylic acids is 1. The molecule has 0 spiro atoms. The van der Waals surface area contributed by atoms with Crippen molar-refractivity contribution >= 4 is 11.8 Å². The minimum absolute atomic E-state index is 0.0385. The highest BCUT2D eigenvalue weighted by Crippen LogP contribution is 2.36. The van der Waals surface area contributed by atoms with Gasteiger partial charge in [0.25, 0.3) is 0 Å². The maximum atomic E-state index is 12.9. The number of hydrogen-bond donors (Lipinski definition) is 1. The van der Waals surface area contributed by atoms with Crippen LogP contribution in [0.2, 0.25) is 0 Å². The van der Waals surface area contributed by atoms with E-state index >= 15 is 0 Å². The summed E-state index contributed by atoms with van der Waals surface area (Å²) in [7, 11) is 0. The number of carbonyl (C=O) groups is 2. The van der Waals surface area contributed by atoms with Gasteiger partial charge in [-0.25, -0.2) is 0 Å². The SMILES string of the molecule is CCC(=O)C(C=CCC(=O)O)(c1ccccc1)c1ccccc1. The minimum atomic E-state index is -0.952. The van der Waals surface area contributed by atoms with E-state index in [4.69, 9.17) is 5.11 Å². The van der Waals surface area contributed by atoms with Crippen LogP contribution in [0.5, 0.6) is 0 Å². The van der Waals surface area contributed by atoms with Crippen LogP contribution in [0.25, 0.3) is 0 Å². The van der Waals surface area contributed by atoms with E-state index in [2.05, 4.69) is 0 Å². The normalized spacial score (nSPS) is 11.5. The van der Waals surface area contributed by atoms with E-state index < -0.39 is 11.4 Å². The molecular weight excluding hydrogens is 288 g/mol. The van der Waals surface area contributed by atoms with Gasteiger partial charge in [-0.2, -0.15) is 0 Å². The molecule has 0 atom stereocenters. The van der Waals surface area contributed by atoms with E-state index in [-0.39, 0.29) is 12.2 Å². The molecule has 2 aromatic carbocycles. The molecule has 3 heteroatoms. The molecule has 2 aromatic rings. The minimum Gasteiger partial charge on any atom is -0.481 e. The summed E-state index contributed by atoms with van der Waals surface area (Å²) < 4.78 is 0. The first-order valence-corrected chi connectivity index (χ1v) is 7.65. The van der Waals surface area contributed by atoms with E-state index in [1.54, 1.807) is 12.2 Å². The number of allylic oxidation sites excluding steroid dienone is 1. The largest absolute Gasteiger partial charge is 0.481 e. The summed E-state index contributed by atoms with van der Waals surface area (Å²) in [6, 6.07) is 19.0. The zero-order chi connectivity index (χ0) is 16.7. The Morgan fingerprint density at radius 1 is 0.957 bits per heavy atom. The fourth-order valence-electron chi connectivity index (χ4n) is 2.79. The first-order valence-electron chi connectivity index (χ1n) is 7.65. The zero-order valence-electron chi connectivity index (χ0n) is 13.1. The van der Waals surface area contributed by atoms with Crippen molar-refractivity contribution in [3.8, 4) is 0 Å². The zero-order valence-corrected chi connectivity index (χ0v) is 13.1. The third kappa shape index (κ3) is 3.57. The van der Waals surface area contributed by atoms with Crippen molar-refractivity contribution in [1.29, 1.82) is 0 Å². The quantitative estimate of drug-likeness (QED) is 0.787. The summed E-state index contributed by atoms with van der Waals surface area (Å²) in [5, 5.41) is 8.91. The first-order chi connectivity index (χ1) is 11.1. The molecule has 3 nitrogen and oxygen atoms in total. The van der Waals surface area contributed by atoms with Crippen LogP contribution in [0.15, 0.2) is 72.8 Å². The smallest absolute Gasteiger partial charge is 0.307 e. The van der Waals surface area contributed by atoms with Crippen LogP contribution in [0.1, 0.15) is 30.9 Å². The summed E-state index contributed by atoms with van der Waals surface area (Å²) in [6.07, 6.45) is 3.55. The molecule has 0 bridgehead atoms. The lowest BCUT2D eigenvalue weighted by Crippen LogP contribution is -2.35. The Hall–Kier alpha value is -2.68. The van der Waals surface area contributed by atoms with Crippen LogP contribution in [-0.2, 0) is 15.0 Å². The van der Waals surface area contributed by atoms with Crippen LogP contribution >= 0.6 is 0 Å². The Kier molecular flexibility index (Phi) is 5.47. The van der Waals surface area contributed by atoms with Crippen molar-refractivity contribution in [2.45, 2.75) is 25.2 Å². The van der Waals surface area contributed by atoms with Gasteiger partial charge in [-0.1, -0.05) is 79.7 Å². The van der Waals surface area contributed by atoms with Crippen molar-refractivity contribution in [3.63, 3.8) is 0 Å². The molecule has 0 aliphatic carbocycles. The maximum Gasteiger partial charge on any atom is 0.307 e. The molecule has 23 heavy (non-hydrogen) atoms. The van der Waals surface area contributed by atoms with Gasteiger partial charge in [0, 0.05) is 6.42 Å². The van der Waals surface area contributed by atoms with E-state index in [0.29, 0.717) is 6.42 Å². The number of rotatable bonds is 7. The Balaban J connectivity index is 2.66. The standard InChI is InChI=1S/C20H20O3/c1-2-18(21)20(15-9-14-19(22)23,16-10-5-3-6-11-16)17-12-7-4-8-13-17/h3-13,15H,2,14H2,1H3,(H,22,23). The predicted molar refractivity (Wildman–Crippen MR) is 90.4 cm³/mol. The number of carboxylic acid groups (broad SMARTS) is 1. The summed E-state index contributed by atoms with van der Waals surface area (Å²) in [4.78, 5) is 23.8. The van der Waals surface area contributed by atoms with E-state index in [0.717, 1.165) is 11.1 Å². The Labute approximate surface area is 136 Å². The number of carboxylic acids is 1. The fraction of sp³-hybridized carbons (Fsp3) is 0.200. The molecule has 0 saturated heterocycles. The number of Topliss-reactive ketones (excluding diaryl/α,β-unsaturated/α-hetero) is 1. The van der Waals surface area contributed by atoms with Crippen molar-refractivity contribution < 1.29 is 14.7 Å². The molecule has 0 aromatic heterocycles. The van der Waals surface area contributed by atoms with E-state index in [1.807, 2.05) is 67.6 Å². The molecule has 0 amide bonds. The summed E-state index contributed by atoms with van der Waals surface area (Å²) in [6.45, 7) is 1.83. The summed E-state index contributed by atoms with van der Waals surface area (Å²) in [5.41, 5.74) is 0.742. The topological polar surface area (TPSA) is 54.4 Å². The van der Waals surface area contributed by atoms with Crippen molar-refractivity contribution in [2.24, 2.45) is 0 Å². The number of benzene rings is 2. The third-order valence-corrected chi connectivity index (χ3v) is 3.88. The highest BCUT2D eigenvalue weighted by atomic mass is 16.4.